The van der Waals surface area contributed by atoms with Crippen molar-refractivity contribution in [3.05, 3.63) is 30.0 Å². The molecule has 1 amide bonds. The molecule has 25 heavy (non-hydrogen) atoms. The fraction of sp³-hybridized carbons (Fsp3) is 0.562. The minimum Gasteiger partial charge on any atom is -0.455 e. The standard InChI is InChI=1S/C16H23N5O3S/c1-12(4-5-21-6-8-23-9-7-21)19-15(22)14-3-2-13(24-14)10-25-16-17-11-18-20-16/h2-3,11-12H,4-10H2,1H3,(H,19,22)(H,17,18,20)/t12-/m1/s1. The monoisotopic (exact) mass is 365 g/mol. The van der Waals surface area contributed by atoms with Gasteiger partial charge >= 0.3 is 0 Å². The molecule has 1 aliphatic rings. The number of aromatic amines is 1. The number of furan rings is 1. The lowest BCUT2D eigenvalue weighted by atomic mass is 10.2. The van der Waals surface area contributed by atoms with E-state index in [-0.39, 0.29) is 11.9 Å². The highest BCUT2D eigenvalue weighted by Gasteiger charge is 2.16. The van der Waals surface area contributed by atoms with Gasteiger partial charge in [-0.15, -0.1) is 0 Å². The quantitative estimate of drug-likeness (QED) is 0.685. The maximum atomic E-state index is 12.3. The van der Waals surface area contributed by atoms with Crippen LogP contribution in [0.2, 0.25) is 0 Å². The number of ether oxygens (including phenoxy) is 1. The topological polar surface area (TPSA) is 96.3 Å². The number of hydrogen-bond donors (Lipinski definition) is 2. The van der Waals surface area contributed by atoms with Crippen molar-refractivity contribution in [3.63, 3.8) is 0 Å². The summed E-state index contributed by atoms with van der Waals surface area (Å²) < 4.78 is 11.0. The van der Waals surface area contributed by atoms with Gasteiger partial charge in [0.05, 0.1) is 19.0 Å². The van der Waals surface area contributed by atoms with E-state index in [1.165, 1.54) is 18.1 Å². The van der Waals surface area contributed by atoms with Gasteiger partial charge in [0.2, 0.25) is 0 Å². The van der Waals surface area contributed by atoms with Crippen LogP contribution in [0.5, 0.6) is 0 Å². The number of H-pyrrole nitrogens is 1. The summed E-state index contributed by atoms with van der Waals surface area (Å²) in [5.74, 6) is 1.49. The number of rotatable bonds is 8. The van der Waals surface area contributed by atoms with Gasteiger partial charge in [0, 0.05) is 25.7 Å². The van der Waals surface area contributed by atoms with Crippen LogP contribution in [0.1, 0.15) is 29.7 Å². The minimum atomic E-state index is -0.176. The Labute approximate surface area is 150 Å². The summed E-state index contributed by atoms with van der Waals surface area (Å²) in [6.45, 7) is 6.49. The first-order valence-corrected chi connectivity index (χ1v) is 9.37. The van der Waals surface area contributed by atoms with Crippen LogP contribution in [0.4, 0.5) is 0 Å². The predicted molar refractivity (Wildman–Crippen MR) is 93.5 cm³/mol. The number of hydrogen-bond acceptors (Lipinski definition) is 7. The summed E-state index contributed by atoms with van der Waals surface area (Å²) >= 11 is 1.47. The highest BCUT2D eigenvalue weighted by atomic mass is 32.2. The molecule has 8 nitrogen and oxygen atoms in total. The first kappa shape index (κ1) is 18.0. The Morgan fingerprint density at radius 1 is 1.44 bits per heavy atom. The lowest BCUT2D eigenvalue weighted by molar-refractivity contribution is 0.0362. The maximum absolute atomic E-state index is 12.3. The van der Waals surface area contributed by atoms with E-state index in [1.54, 1.807) is 6.07 Å². The molecule has 9 heteroatoms. The average Bonchev–Trinajstić information content (AvgIpc) is 3.30. The number of aromatic nitrogens is 3. The van der Waals surface area contributed by atoms with E-state index >= 15 is 0 Å². The fourth-order valence-electron chi connectivity index (χ4n) is 2.55. The van der Waals surface area contributed by atoms with Gasteiger partial charge in [-0.05, 0) is 25.5 Å². The van der Waals surface area contributed by atoms with E-state index in [0.717, 1.165) is 50.2 Å². The second kappa shape index (κ2) is 9.02. The molecule has 1 saturated heterocycles. The van der Waals surface area contributed by atoms with Crippen LogP contribution in [-0.4, -0.2) is 64.9 Å². The van der Waals surface area contributed by atoms with Crippen LogP contribution < -0.4 is 5.32 Å². The highest BCUT2D eigenvalue weighted by Crippen LogP contribution is 2.20. The van der Waals surface area contributed by atoms with E-state index in [4.69, 9.17) is 9.15 Å². The first-order valence-electron chi connectivity index (χ1n) is 8.38. The number of amides is 1. The molecule has 0 spiro atoms. The predicted octanol–water partition coefficient (Wildman–Crippen LogP) is 1.53. The molecule has 0 aromatic carbocycles. The molecule has 1 aliphatic heterocycles. The van der Waals surface area contributed by atoms with E-state index in [9.17, 15) is 4.79 Å². The molecule has 136 valence electrons. The molecular formula is C16H23N5O3S. The smallest absolute Gasteiger partial charge is 0.287 e. The van der Waals surface area contributed by atoms with E-state index in [2.05, 4.69) is 25.4 Å². The molecule has 0 bridgehead atoms. The van der Waals surface area contributed by atoms with Gasteiger partial charge in [-0.3, -0.25) is 14.8 Å². The van der Waals surface area contributed by atoms with Crippen LogP contribution in [0.3, 0.4) is 0 Å². The van der Waals surface area contributed by atoms with Gasteiger partial charge in [-0.1, -0.05) is 11.8 Å². The molecule has 0 radical (unpaired) electrons. The molecule has 2 N–H and O–H groups in total. The Morgan fingerprint density at radius 2 is 2.28 bits per heavy atom. The van der Waals surface area contributed by atoms with Crippen molar-refractivity contribution in [1.82, 2.24) is 25.4 Å². The van der Waals surface area contributed by atoms with Crippen LogP contribution in [0, 0.1) is 0 Å². The Hall–Kier alpha value is -1.84. The second-order valence-corrected chi connectivity index (χ2v) is 6.93. The minimum absolute atomic E-state index is 0.0902. The summed E-state index contributed by atoms with van der Waals surface area (Å²) in [4.78, 5) is 18.7. The van der Waals surface area contributed by atoms with Crippen molar-refractivity contribution in [3.8, 4) is 0 Å². The van der Waals surface area contributed by atoms with Crippen LogP contribution in [0.15, 0.2) is 28.0 Å². The van der Waals surface area contributed by atoms with E-state index in [0.29, 0.717) is 11.5 Å². The summed E-state index contributed by atoms with van der Waals surface area (Å²) in [5, 5.41) is 10.3. The van der Waals surface area contributed by atoms with Gasteiger partial charge in [-0.25, -0.2) is 4.98 Å². The SMILES string of the molecule is C[C@H](CCN1CCOCC1)NC(=O)c1ccc(CSc2ncn[nH]2)o1. The molecule has 2 aromatic heterocycles. The Bertz CT molecular complexity index is 655. The third-order valence-electron chi connectivity index (χ3n) is 3.99. The number of nitrogens with zero attached hydrogens (tertiary/aromatic N) is 3. The van der Waals surface area contributed by atoms with Gasteiger partial charge in [-0.2, -0.15) is 5.10 Å². The molecule has 0 saturated carbocycles. The van der Waals surface area contributed by atoms with Crippen LogP contribution in [0.25, 0.3) is 0 Å². The molecule has 3 rings (SSSR count). The normalized spacial score (nSPS) is 16.7. The largest absolute Gasteiger partial charge is 0.455 e. The molecule has 2 aromatic rings. The zero-order valence-corrected chi connectivity index (χ0v) is 15.1. The number of carbonyl (C=O) groups excluding carboxylic acids is 1. The molecule has 3 heterocycles. The van der Waals surface area contributed by atoms with Gasteiger partial charge in [0.25, 0.3) is 5.91 Å². The van der Waals surface area contributed by atoms with E-state index < -0.39 is 0 Å². The van der Waals surface area contributed by atoms with Crippen molar-refractivity contribution < 1.29 is 13.9 Å². The van der Waals surface area contributed by atoms with Gasteiger partial charge < -0.3 is 14.5 Å². The Balaban J connectivity index is 1.41. The summed E-state index contributed by atoms with van der Waals surface area (Å²) in [6, 6.07) is 3.62. The van der Waals surface area contributed by atoms with Crippen molar-refractivity contribution >= 4 is 17.7 Å². The Kier molecular flexibility index (Phi) is 6.48. The molecule has 0 unspecified atom stereocenters. The van der Waals surface area contributed by atoms with E-state index in [1.807, 2.05) is 13.0 Å². The third kappa shape index (κ3) is 5.58. The number of morpholine rings is 1. The highest BCUT2D eigenvalue weighted by molar-refractivity contribution is 7.98. The van der Waals surface area contributed by atoms with Crippen LogP contribution in [-0.2, 0) is 10.5 Å². The molecule has 1 fully saturated rings. The lowest BCUT2D eigenvalue weighted by Crippen LogP contribution is -2.40. The lowest BCUT2D eigenvalue weighted by Gasteiger charge is -2.27. The summed E-state index contributed by atoms with van der Waals surface area (Å²) in [6.07, 6.45) is 2.36. The van der Waals surface area contributed by atoms with Crippen LogP contribution >= 0.6 is 11.8 Å². The maximum Gasteiger partial charge on any atom is 0.287 e. The molecule has 1 atom stereocenters. The zero-order chi connectivity index (χ0) is 17.5. The van der Waals surface area contributed by atoms with Gasteiger partial charge in [0.1, 0.15) is 12.1 Å². The molecular weight excluding hydrogens is 342 g/mol. The van der Waals surface area contributed by atoms with Crippen molar-refractivity contribution in [2.45, 2.75) is 30.3 Å². The summed E-state index contributed by atoms with van der Waals surface area (Å²) in [5.41, 5.74) is 0. The number of carbonyl (C=O) groups is 1. The number of thioether (sulfide) groups is 1. The van der Waals surface area contributed by atoms with Crippen molar-refractivity contribution in [1.29, 1.82) is 0 Å². The third-order valence-corrected chi connectivity index (χ3v) is 4.89. The van der Waals surface area contributed by atoms with Gasteiger partial charge in [0.15, 0.2) is 10.9 Å². The first-order chi connectivity index (χ1) is 12.2. The second-order valence-electron chi connectivity index (χ2n) is 5.96. The summed E-state index contributed by atoms with van der Waals surface area (Å²) in [7, 11) is 0. The Morgan fingerprint density at radius 3 is 3.04 bits per heavy atom. The van der Waals surface area contributed by atoms with Crippen molar-refractivity contribution in [2.75, 3.05) is 32.8 Å². The van der Waals surface area contributed by atoms with Crippen molar-refractivity contribution in [2.24, 2.45) is 0 Å². The average molecular weight is 365 g/mol. The number of nitrogens with one attached hydrogen (secondary N) is 2. The fourth-order valence-corrected chi connectivity index (χ4v) is 3.22. The zero-order valence-electron chi connectivity index (χ0n) is 14.2. The molecule has 0 aliphatic carbocycles.